The first-order valence-electron chi connectivity index (χ1n) is 8.33. The molecule has 6 nitrogen and oxygen atoms in total. The number of benzene rings is 1. The van der Waals surface area contributed by atoms with Gasteiger partial charge in [-0.15, -0.1) is 0 Å². The van der Waals surface area contributed by atoms with Gasteiger partial charge in [-0.25, -0.2) is 0 Å². The molecular weight excluding hydrogens is 308 g/mol. The molecule has 0 saturated carbocycles. The molecule has 2 amide bonds. The fraction of sp³-hybridized carbons (Fsp3) is 0.556. The van der Waals surface area contributed by atoms with Crippen molar-refractivity contribution in [3.8, 4) is 11.5 Å². The van der Waals surface area contributed by atoms with Gasteiger partial charge in [0, 0.05) is 18.7 Å². The quantitative estimate of drug-likeness (QED) is 0.895. The van der Waals surface area contributed by atoms with Crippen LogP contribution in [-0.4, -0.2) is 49.6 Å². The number of nitrogens with one attached hydrogen (secondary N) is 1. The Hall–Kier alpha value is -2.24. The first-order chi connectivity index (χ1) is 11.4. The highest BCUT2D eigenvalue weighted by Gasteiger charge is 2.28. The summed E-state index contributed by atoms with van der Waals surface area (Å²) < 4.78 is 11.1. The fourth-order valence-corrected chi connectivity index (χ4v) is 2.56. The molecule has 1 fully saturated rings. The molecule has 1 saturated heterocycles. The molecule has 132 valence electrons. The Bertz CT molecular complexity index is 601. The van der Waals surface area contributed by atoms with Gasteiger partial charge in [0.2, 0.25) is 5.91 Å². The second-order valence-electron chi connectivity index (χ2n) is 6.39. The fourth-order valence-electron chi connectivity index (χ4n) is 2.56. The van der Waals surface area contributed by atoms with Crippen LogP contribution in [0.1, 0.15) is 37.6 Å². The van der Waals surface area contributed by atoms with Gasteiger partial charge in [-0.05, 0) is 37.5 Å². The third-order valence-electron chi connectivity index (χ3n) is 3.97. The SMILES string of the molecule is COc1cc(C(=O)N2CCCNC(=O)C2C)ccc1OCC(C)C. The highest BCUT2D eigenvalue weighted by molar-refractivity contribution is 5.98. The molecule has 2 rings (SSSR count). The second-order valence-corrected chi connectivity index (χ2v) is 6.39. The van der Waals surface area contributed by atoms with Crippen molar-refractivity contribution in [3.05, 3.63) is 23.8 Å². The molecule has 1 N–H and O–H groups in total. The zero-order chi connectivity index (χ0) is 17.7. The molecule has 0 bridgehead atoms. The van der Waals surface area contributed by atoms with Gasteiger partial charge in [0.05, 0.1) is 13.7 Å². The van der Waals surface area contributed by atoms with E-state index in [9.17, 15) is 9.59 Å². The molecule has 1 aliphatic rings. The van der Waals surface area contributed by atoms with Gasteiger partial charge < -0.3 is 19.7 Å². The van der Waals surface area contributed by atoms with Crippen LogP contribution in [0.15, 0.2) is 18.2 Å². The van der Waals surface area contributed by atoms with Gasteiger partial charge in [0.15, 0.2) is 11.5 Å². The van der Waals surface area contributed by atoms with E-state index < -0.39 is 6.04 Å². The van der Waals surface area contributed by atoms with E-state index in [1.807, 2.05) is 0 Å². The second kappa shape index (κ2) is 8.04. The highest BCUT2D eigenvalue weighted by Crippen LogP contribution is 2.29. The van der Waals surface area contributed by atoms with Gasteiger partial charge in [-0.1, -0.05) is 13.8 Å². The number of rotatable bonds is 5. The number of nitrogens with zero attached hydrogens (tertiary/aromatic N) is 1. The van der Waals surface area contributed by atoms with Crippen molar-refractivity contribution in [3.63, 3.8) is 0 Å². The van der Waals surface area contributed by atoms with Crippen molar-refractivity contribution >= 4 is 11.8 Å². The smallest absolute Gasteiger partial charge is 0.254 e. The number of carbonyl (C=O) groups is 2. The minimum atomic E-state index is -0.483. The van der Waals surface area contributed by atoms with Gasteiger partial charge in [0.1, 0.15) is 6.04 Å². The van der Waals surface area contributed by atoms with Gasteiger partial charge in [-0.2, -0.15) is 0 Å². The molecule has 0 spiro atoms. The Morgan fingerprint density at radius 2 is 2.12 bits per heavy atom. The predicted molar refractivity (Wildman–Crippen MR) is 91.5 cm³/mol. The van der Waals surface area contributed by atoms with E-state index in [0.29, 0.717) is 42.7 Å². The molecule has 1 aromatic rings. The number of methoxy groups -OCH3 is 1. The summed E-state index contributed by atoms with van der Waals surface area (Å²) in [6.45, 7) is 7.60. The summed E-state index contributed by atoms with van der Waals surface area (Å²) in [5, 5.41) is 2.81. The molecule has 0 radical (unpaired) electrons. The summed E-state index contributed by atoms with van der Waals surface area (Å²) in [4.78, 5) is 26.3. The van der Waals surface area contributed by atoms with Crippen LogP contribution in [0.5, 0.6) is 11.5 Å². The van der Waals surface area contributed by atoms with Crippen LogP contribution < -0.4 is 14.8 Å². The number of ether oxygens (including phenoxy) is 2. The Balaban J connectivity index is 2.21. The lowest BCUT2D eigenvalue weighted by Gasteiger charge is -2.26. The topological polar surface area (TPSA) is 67.9 Å². The summed E-state index contributed by atoms with van der Waals surface area (Å²) in [6.07, 6.45) is 0.745. The zero-order valence-electron chi connectivity index (χ0n) is 14.8. The van der Waals surface area contributed by atoms with E-state index in [2.05, 4.69) is 19.2 Å². The van der Waals surface area contributed by atoms with E-state index in [4.69, 9.17) is 9.47 Å². The normalized spacial score (nSPS) is 18.1. The highest BCUT2D eigenvalue weighted by atomic mass is 16.5. The molecule has 1 aromatic carbocycles. The van der Waals surface area contributed by atoms with E-state index in [1.165, 1.54) is 0 Å². The number of hydrogen-bond acceptors (Lipinski definition) is 4. The maximum absolute atomic E-state index is 12.8. The van der Waals surface area contributed by atoms with Crippen LogP contribution in [-0.2, 0) is 4.79 Å². The zero-order valence-corrected chi connectivity index (χ0v) is 14.8. The summed E-state index contributed by atoms with van der Waals surface area (Å²) in [5.41, 5.74) is 0.491. The van der Waals surface area contributed by atoms with E-state index in [1.54, 1.807) is 37.1 Å². The van der Waals surface area contributed by atoms with E-state index in [-0.39, 0.29) is 11.8 Å². The monoisotopic (exact) mass is 334 g/mol. The Morgan fingerprint density at radius 1 is 1.38 bits per heavy atom. The first-order valence-corrected chi connectivity index (χ1v) is 8.33. The number of amides is 2. The molecule has 1 atom stereocenters. The minimum Gasteiger partial charge on any atom is -0.493 e. The standard InChI is InChI=1S/C18H26N2O4/c1-12(2)11-24-15-7-6-14(10-16(15)23-4)18(22)20-9-5-8-19-17(21)13(20)3/h6-7,10,12-13H,5,8-9,11H2,1-4H3,(H,19,21). The van der Waals surface area contributed by atoms with Gasteiger partial charge in [0.25, 0.3) is 5.91 Å². The van der Waals surface area contributed by atoms with Crippen LogP contribution >= 0.6 is 0 Å². The van der Waals surface area contributed by atoms with Crippen LogP contribution in [0.2, 0.25) is 0 Å². The summed E-state index contributed by atoms with van der Waals surface area (Å²) in [5.74, 6) is 1.24. The Kier molecular flexibility index (Phi) is 6.06. The van der Waals surface area contributed by atoms with Crippen molar-refractivity contribution in [1.29, 1.82) is 0 Å². The average molecular weight is 334 g/mol. The maximum atomic E-state index is 12.8. The largest absolute Gasteiger partial charge is 0.493 e. The van der Waals surface area contributed by atoms with Gasteiger partial charge >= 0.3 is 0 Å². The summed E-state index contributed by atoms with van der Waals surface area (Å²) in [7, 11) is 1.55. The van der Waals surface area contributed by atoms with Crippen molar-refractivity contribution < 1.29 is 19.1 Å². The predicted octanol–water partition coefficient (Wildman–Crippen LogP) is 2.08. The Morgan fingerprint density at radius 3 is 2.79 bits per heavy atom. The van der Waals surface area contributed by atoms with Crippen molar-refractivity contribution in [2.45, 2.75) is 33.2 Å². The lowest BCUT2D eigenvalue weighted by Crippen LogP contribution is -2.45. The third kappa shape index (κ3) is 4.19. The van der Waals surface area contributed by atoms with Crippen molar-refractivity contribution in [1.82, 2.24) is 10.2 Å². The van der Waals surface area contributed by atoms with Crippen molar-refractivity contribution in [2.75, 3.05) is 26.8 Å². The van der Waals surface area contributed by atoms with Crippen molar-refractivity contribution in [2.24, 2.45) is 5.92 Å². The minimum absolute atomic E-state index is 0.121. The molecule has 0 aliphatic carbocycles. The molecule has 1 unspecified atom stereocenters. The molecule has 1 aliphatic heterocycles. The molecule has 0 aromatic heterocycles. The lowest BCUT2D eigenvalue weighted by atomic mass is 10.1. The van der Waals surface area contributed by atoms with Crippen LogP contribution in [0, 0.1) is 5.92 Å². The molecular formula is C18H26N2O4. The summed E-state index contributed by atoms with van der Waals surface area (Å²) in [6, 6.07) is 4.66. The molecule has 6 heteroatoms. The van der Waals surface area contributed by atoms with E-state index >= 15 is 0 Å². The maximum Gasteiger partial charge on any atom is 0.254 e. The molecule has 24 heavy (non-hydrogen) atoms. The number of hydrogen-bond donors (Lipinski definition) is 1. The van der Waals surface area contributed by atoms with Crippen LogP contribution in [0.25, 0.3) is 0 Å². The van der Waals surface area contributed by atoms with Crippen LogP contribution in [0.3, 0.4) is 0 Å². The Labute approximate surface area is 143 Å². The number of carbonyl (C=O) groups excluding carboxylic acids is 2. The first kappa shape index (κ1) is 18.1. The third-order valence-corrected chi connectivity index (χ3v) is 3.97. The van der Waals surface area contributed by atoms with Gasteiger partial charge in [-0.3, -0.25) is 9.59 Å². The lowest BCUT2D eigenvalue weighted by molar-refractivity contribution is -0.124. The summed E-state index contributed by atoms with van der Waals surface area (Å²) >= 11 is 0. The average Bonchev–Trinajstić information content (AvgIpc) is 2.74. The van der Waals surface area contributed by atoms with Crippen LogP contribution in [0.4, 0.5) is 0 Å². The molecule has 1 heterocycles. The van der Waals surface area contributed by atoms with E-state index in [0.717, 1.165) is 6.42 Å².